The Morgan fingerprint density at radius 1 is 0.578 bits per heavy atom. The van der Waals surface area contributed by atoms with Gasteiger partial charge < -0.3 is 51.6 Å². The minimum Gasteiger partial charge on any atom is -0.389 e. The fraction of sp³-hybridized carbons (Fsp3) is 1.00. The van der Waals surface area contributed by atoms with Gasteiger partial charge in [0, 0.05) is 77.7 Å². The highest BCUT2D eigenvalue weighted by Crippen LogP contribution is 2.30. The molecule has 0 saturated carbocycles. The van der Waals surface area contributed by atoms with Crippen molar-refractivity contribution in [1.29, 1.82) is 0 Å². The molecule has 6 rings (SSSR count). The molecule has 6 aliphatic rings. The fourth-order valence-corrected chi connectivity index (χ4v) is 13.3. The van der Waals surface area contributed by atoms with Crippen molar-refractivity contribution in [2.24, 2.45) is 0 Å². The molecular formula is C30H61N3O10Si2. The van der Waals surface area contributed by atoms with Gasteiger partial charge in [-0.05, 0) is 54.4 Å². The molecule has 0 aromatic heterocycles. The number of ether oxygens (including phenoxy) is 2. The summed E-state index contributed by atoms with van der Waals surface area (Å²) in [6.45, 7) is 19.9. The molecule has 15 heteroatoms. The maximum Gasteiger partial charge on any atom is 0.501 e. The lowest BCUT2D eigenvalue weighted by Gasteiger charge is -2.45. The van der Waals surface area contributed by atoms with E-state index in [1.165, 1.54) is 0 Å². The maximum atomic E-state index is 10.4. The van der Waals surface area contributed by atoms with E-state index >= 15 is 0 Å². The van der Waals surface area contributed by atoms with E-state index in [1.807, 2.05) is 0 Å². The van der Waals surface area contributed by atoms with Gasteiger partial charge in [0.15, 0.2) is 0 Å². The van der Waals surface area contributed by atoms with Crippen LogP contribution < -0.4 is 5.32 Å². The van der Waals surface area contributed by atoms with Crippen LogP contribution in [0.2, 0.25) is 12.1 Å². The molecule has 0 amide bonds. The number of aliphatic hydroxyl groups is 2. The summed E-state index contributed by atoms with van der Waals surface area (Å²) in [5, 5.41) is 23.8. The Balaban J connectivity index is 1.05. The Kier molecular flexibility index (Phi) is 15.1. The van der Waals surface area contributed by atoms with Crippen molar-refractivity contribution < 1.29 is 46.2 Å². The van der Waals surface area contributed by atoms with Crippen LogP contribution in [0.15, 0.2) is 0 Å². The normalized spacial score (nSPS) is 40.5. The van der Waals surface area contributed by atoms with Crippen molar-refractivity contribution in [2.45, 2.75) is 115 Å². The number of nitrogens with zero attached hydrogens (tertiary/aromatic N) is 2. The predicted molar refractivity (Wildman–Crippen MR) is 173 cm³/mol. The van der Waals surface area contributed by atoms with Crippen LogP contribution in [0.1, 0.15) is 54.4 Å². The lowest BCUT2D eigenvalue weighted by molar-refractivity contribution is -0.0805. The lowest BCUT2D eigenvalue weighted by Crippen LogP contribution is -2.61. The van der Waals surface area contributed by atoms with Crippen LogP contribution in [0, 0.1) is 0 Å². The van der Waals surface area contributed by atoms with Crippen LogP contribution in [0.5, 0.6) is 0 Å². The second-order valence-corrected chi connectivity index (χ2v) is 18.8. The Morgan fingerprint density at radius 3 is 1.16 bits per heavy atom. The second kappa shape index (κ2) is 18.1. The highest BCUT2D eigenvalue weighted by atomic mass is 28.4. The number of fused-ring (bicyclic) bond motifs is 12. The van der Waals surface area contributed by atoms with Crippen LogP contribution in [-0.2, 0) is 36.0 Å². The molecule has 6 saturated heterocycles. The topological polar surface area (TPSA) is 133 Å². The highest BCUT2D eigenvalue weighted by molar-refractivity contribution is 6.61. The molecule has 3 N–H and O–H groups in total. The molecule has 8 atom stereocenters. The van der Waals surface area contributed by atoms with Crippen molar-refractivity contribution in [3.05, 3.63) is 0 Å². The molecule has 0 radical (unpaired) electrons. The summed E-state index contributed by atoms with van der Waals surface area (Å²) in [4.78, 5) is 4.71. The number of nitrogens with one attached hydrogen (secondary N) is 1. The van der Waals surface area contributed by atoms with Gasteiger partial charge in [0.1, 0.15) is 0 Å². The van der Waals surface area contributed by atoms with E-state index in [0.29, 0.717) is 38.4 Å². The van der Waals surface area contributed by atoms with Gasteiger partial charge in [0.05, 0.1) is 62.0 Å². The molecule has 0 aromatic carbocycles. The largest absolute Gasteiger partial charge is 0.501 e. The van der Waals surface area contributed by atoms with Gasteiger partial charge in [-0.1, -0.05) is 0 Å². The van der Waals surface area contributed by atoms with E-state index in [9.17, 15) is 10.2 Å². The van der Waals surface area contributed by atoms with Gasteiger partial charge in [-0.3, -0.25) is 9.80 Å². The predicted octanol–water partition coefficient (Wildman–Crippen LogP) is 1.08. The molecule has 0 spiro atoms. The third-order valence-electron chi connectivity index (χ3n) is 8.30. The monoisotopic (exact) mass is 679 g/mol. The maximum absolute atomic E-state index is 10.4. The van der Waals surface area contributed by atoms with Crippen molar-refractivity contribution in [3.8, 4) is 0 Å². The molecule has 13 nitrogen and oxygen atoms in total. The summed E-state index contributed by atoms with van der Waals surface area (Å²) in [5.41, 5.74) is 0. The second-order valence-electron chi connectivity index (χ2n) is 13.7. The van der Waals surface area contributed by atoms with E-state index in [2.05, 4.69) is 56.7 Å². The summed E-state index contributed by atoms with van der Waals surface area (Å²) in [5.74, 6) is 0. The minimum absolute atomic E-state index is 0.0669. The molecule has 0 aromatic rings. The standard InChI is InChI=1S/C30H61N3O10Si2/c1-23-15-32-16-24(2)39-44(38-23,40-25(3)17-32)11-7-9-36-21-29(34)13-31-14-30(35)22-37-10-8-12-45-41-26(4)18-33(19-27(5)42-45)20-28(6)43-45/h23-31,34-35H,7-22H2,1-6H3. The van der Waals surface area contributed by atoms with Gasteiger partial charge in [-0.2, -0.15) is 0 Å². The zero-order valence-corrected chi connectivity index (χ0v) is 30.5. The molecule has 6 heterocycles. The highest BCUT2D eigenvalue weighted by Gasteiger charge is 2.50. The quantitative estimate of drug-likeness (QED) is 0.159. The number of hydrogen-bond donors (Lipinski definition) is 3. The van der Waals surface area contributed by atoms with Crippen molar-refractivity contribution >= 4 is 17.6 Å². The number of rotatable bonds is 16. The smallest absolute Gasteiger partial charge is 0.389 e. The van der Waals surface area contributed by atoms with Gasteiger partial charge in [-0.25, -0.2) is 0 Å². The fourth-order valence-electron chi connectivity index (χ4n) is 6.97. The van der Waals surface area contributed by atoms with E-state index in [1.54, 1.807) is 0 Å². The molecule has 264 valence electrons. The Labute approximate surface area is 272 Å². The Bertz CT molecular complexity index is 731. The average molecular weight is 680 g/mol. The van der Waals surface area contributed by atoms with E-state index in [4.69, 9.17) is 36.0 Å². The SMILES string of the molecule is CC1CN2CC(C)O[Si](CCCOCC(O)CNCC(O)COCCC[Si]34OC(C)CN(CC(C)O3)CC(C)O4)(O1)OC(C)C2. The summed E-state index contributed by atoms with van der Waals surface area (Å²) in [7, 11) is -5.62. The van der Waals surface area contributed by atoms with Crippen molar-refractivity contribution in [1.82, 2.24) is 15.1 Å². The molecule has 0 aliphatic carbocycles. The summed E-state index contributed by atoms with van der Waals surface area (Å²) < 4.78 is 49.8. The molecule has 8 unspecified atom stereocenters. The molecule has 6 aliphatic heterocycles. The lowest BCUT2D eigenvalue weighted by atomic mass is 10.2. The van der Waals surface area contributed by atoms with Gasteiger partial charge in [0.25, 0.3) is 0 Å². The van der Waals surface area contributed by atoms with E-state index in [0.717, 1.165) is 52.1 Å². The summed E-state index contributed by atoms with van der Waals surface area (Å²) >= 11 is 0. The molecule has 45 heavy (non-hydrogen) atoms. The van der Waals surface area contributed by atoms with Crippen LogP contribution in [0.25, 0.3) is 0 Å². The first-order valence-electron chi connectivity index (χ1n) is 17.2. The van der Waals surface area contributed by atoms with Gasteiger partial charge in [-0.15, -0.1) is 0 Å². The molecular weight excluding hydrogens is 619 g/mol. The first-order valence-corrected chi connectivity index (χ1v) is 21.0. The van der Waals surface area contributed by atoms with Crippen LogP contribution >= 0.6 is 0 Å². The van der Waals surface area contributed by atoms with E-state index in [-0.39, 0.29) is 49.8 Å². The molecule has 4 bridgehead atoms. The third-order valence-corrected chi connectivity index (χ3v) is 14.8. The number of hydrogen-bond acceptors (Lipinski definition) is 13. The van der Waals surface area contributed by atoms with Crippen LogP contribution in [0.3, 0.4) is 0 Å². The van der Waals surface area contributed by atoms with Crippen LogP contribution in [-0.4, -0.2) is 165 Å². The minimum atomic E-state index is -2.81. The van der Waals surface area contributed by atoms with Gasteiger partial charge in [0.2, 0.25) is 0 Å². The Morgan fingerprint density at radius 2 is 0.867 bits per heavy atom. The third kappa shape index (κ3) is 12.7. The summed E-state index contributed by atoms with van der Waals surface area (Å²) in [6.07, 6.45) is 0.521. The average Bonchev–Trinajstić information content (AvgIpc) is 2.88. The number of aliphatic hydroxyl groups excluding tert-OH is 2. The Hall–Kier alpha value is -0.0862. The van der Waals surface area contributed by atoms with E-state index < -0.39 is 29.8 Å². The zero-order valence-electron chi connectivity index (χ0n) is 28.5. The zero-order chi connectivity index (χ0) is 32.5. The first kappa shape index (κ1) is 37.7. The van der Waals surface area contributed by atoms with Crippen molar-refractivity contribution in [2.75, 3.05) is 78.8 Å². The van der Waals surface area contributed by atoms with Crippen molar-refractivity contribution in [3.63, 3.8) is 0 Å². The van der Waals surface area contributed by atoms with Gasteiger partial charge >= 0.3 is 17.6 Å². The summed E-state index contributed by atoms with van der Waals surface area (Å²) in [6, 6.07) is 1.39. The van der Waals surface area contributed by atoms with Crippen LogP contribution in [0.4, 0.5) is 0 Å². The molecule has 6 fully saturated rings. The first-order chi connectivity index (χ1) is 21.4.